The fourth-order valence-corrected chi connectivity index (χ4v) is 6.22. The van der Waals surface area contributed by atoms with Gasteiger partial charge in [0.05, 0.1) is 11.7 Å². The molecule has 0 aliphatic carbocycles. The van der Waals surface area contributed by atoms with E-state index in [1.54, 1.807) is 6.20 Å². The van der Waals surface area contributed by atoms with E-state index in [0.717, 1.165) is 49.3 Å². The maximum atomic E-state index is 13.1. The molecule has 1 amide bonds. The minimum absolute atomic E-state index is 0.0806. The second-order valence-electron chi connectivity index (χ2n) is 9.83. The van der Waals surface area contributed by atoms with Crippen LogP contribution in [0.25, 0.3) is 22.1 Å². The Morgan fingerprint density at radius 3 is 2.70 bits per heavy atom. The summed E-state index contributed by atoms with van der Waals surface area (Å²) in [5.41, 5.74) is 3.79. The van der Waals surface area contributed by atoms with Gasteiger partial charge in [-0.25, -0.2) is 0 Å². The first-order valence-electron chi connectivity index (χ1n) is 13.1. The fraction of sp³-hybridized carbons (Fsp3) is 0.156. The van der Waals surface area contributed by atoms with Crippen molar-refractivity contribution >= 4 is 55.6 Å². The number of aromatic nitrogens is 1. The van der Waals surface area contributed by atoms with E-state index < -0.39 is 0 Å². The number of furan rings is 1. The summed E-state index contributed by atoms with van der Waals surface area (Å²) in [7, 11) is 0. The molecule has 1 aliphatic rings. The van der Waals surface area contributed by atoms with Gasteiger partial charge in [-0.05, 0) is 72.6 Å². The van der Waals surface area contributed by atoms with Crippen LogP contribution in [0.3, 0.4) is 0 Å². The summed E-state index contributed by atoms with van der Waals surface area (Å²) < 4.78 is 7.42. The quantitative estimate of drug-likeness (QED) is 0.185. The van der Waals surface area contributed by atoms with Crippen molar-refractivity contribution in [2.75, 3.05) is 11.9 Å². The van der Waals surface area contributed by atoms with Crippen molar-refractivity contribution in [3.63, 3.8) is 0 Å². The molecule has 0 unspecified atom stereocenters. The van der Waals surface area contributed by atoms with Gasteiger partial charge in [0.25, 0.3) is 0 Å². The van der Waals surface area contributed by atoms with Crippen molar-refractivity contribution in [2.45, 2.75) is 25.4 Å². The molecule has 6 nitrogen and oxygen atoms in total. The van der Waals surface area contributed by atoms with E-state index >= 15 is 0 Å². The molecule has 1 saturated heterocycles. The van der Waals surface area contributed by atoms with Crippen LogP contribution in [-0.2, 0) is 4.79 Å². The highest BCUT2D eigenvalue weighted by Crippen LogP contribution is 2.41. The second kappa shape index (κ2) is 11.2. The highest BCUT2D eigenvalue weighted by Gasteiger charge is 2.41. The second-order valence-corrected chi connectivity index (χ2v) is 11.1. The van der Waals surface area contributed by atoms with Gasteiger partial charge in [-0.1, -0.05) is 64.5 Å². The Hall–Kier alpha value is -4.01. The lowest BCUT2D eigenvalue weighted by atomic mass is 10.0. The molecule has 200 valence electrons. The van der Waals surface area contributed by atoms with Gasteiger partial charge < -0.3 is 20.0 Å². The molecule has 0 saturated carbocycles. The Balaban J connectivity index is 1.26. The van der Waals surface area contributed by atoms with Gasteiger partial charge in [0.1, 0.15) is 17.6 Å². The number of hydrogen-bond donors (Lipinski definition) is 2. The van der Waals surface area contributed by atoms with Crippen molar-refractivity contribution in [3.8, 4) is 11.3 Å². The monoisotopic (exact) mass is 610 g/mol. The average molecular weight is 612 g/mol. The summed E-state index contributed by atoms with van der Waals surface area (Å²) in [4.78, 5) is 19.8. The molecule has 0 spiro atoms. The van der Waals surface area contributed by atoms with Crippen LogP contribution in [-0.4, -0.2) is 27.4 Å². The zero-order valence-electron chi connectivity index (χ0n) is 21.8. The van der Waals surface area contributed by atoms with Crippen molar-refractivity contribution in [2.24, 2.45) is 0 Å². The van der Waals surface area contributed by atoms with Crippen molar-refractivity contribution < 1.29 is 9.21 Å². The number of fused-ring (bicyclic) bond motifs is 1. The summed E-state index contributed by atoms with van der Waals surface area (Å²) >= 11 is 9.45. The summed E-state index contributed by atoms with van der Waals surface area (Å²) in [5.74, 6) is 1.43. The van der Waals surface area contributed by atoms with Crippen LogP contribution >= 0.6 is 28.1 Å². The average Bonchev–Trinajstić information content (AvgIpc) is 3.57. The third-order valence-electron chi connectivity index (χ3n) is 7.15. The van der Waals surface area contributed by atoms with Gasteiger partial charge >= 0.3 is 0 Å². The first kappa shape index (κ1) is 26.2. The molecule has 40 heavy (non-hydrogen) atoms. The first-order chi connectivity index (χ1) is 19.5. The molecule has 0 radical (unpaired) electrons. The lowest BCUT2D eigenvalue weighted by Gasteiger charge is -2.26. The van der Waals surface area contributed by atoms with E-state index in [1.165, 1.54) is 0 Å². The van der Waals surface area contributed by atoms with Crippen molar-refractivity contribution in [1.29, 1.82) is 0 Å². The molecule has 3 aromatic carbocycles. The van der Waals surface area contributed by atoms with Crippen LogP contribution in [0.2, 0.25) is 0 Å². The maximum absolute atomic E-state index is 13.1. The van der Waals surface area contributed by atoms with Gasteiger partial charge in [0, 0.05) is 40.3 Å². The topological polar surface area (TPSA) is 70.4 Å². The summed E-state index contributed by atoms with van der Waals surface area (Å²) in [6.07, 6.45) is 2.03. The zero-order chi connectivity index (χ0) is 27.6. The smallest absolute Gasteiger partial charge is 0.226 e. The van der Waals surface area contributed by atoms with Crippen LogP contribution in [0.5, 0.6) is 0 Å². The molecule has 1 aliphatic heterocycles. The lowest BCUT2D eigenvalue weighted by molar-refractivity contribution is -0.116. The molecule has 6 rings (SSSR count). The molecule has 0 bridgehead atoms. The first-order valence-corrected chi connectivity index (χ1v) is 14.3. The van der Waals surface area contributed by atoms with Crippen LogP contribution in [0, 0.1) is 6.92 Å². The molecular formula is C32H27BrN4O2S. The Kier molecular flexibility index (Phi) is 7.36. The van der Waals surface area contributed by atoms with Gasteiger partial charge in [0.2, 0.25) is 5.91 Å². The number of anilines is 1. The number of aryl methyl sites for hydroxylation is 1. The Labute approximate surface area is 246 Å². The Morgan fingerprint density at radius 2 is 1.88 bits per heavy atom. The molecule has 2 atom stereocenters. The molecular weight excluding hydrogens is 584 g/mol. The van der Waals surface area contributed by atoms with Crippen molar-refractivity contribution in [1.82, 2.24) is 15.2 Å². The number of nitrogens with one attached hydrogen (secondary N) is 2. The zero-order valence-corrected chi connectivity index (χ0v) is 24.2. The van der Waals surface area contributed by atoms with Crippen molar-refractivity contribution in [3.05, 3.63) is 119 Å². The molecule has 8 heteroatoms. The van der Waals surface area contributed by atoms with Crippen LogP contribution in [0.15, 0.2) is 106 Å². The van der Waals surface area contributed by atoms with Gasteiger partial charge in [-0.2, -0.15) is 0 Å². The maximum Gasteiger partial charge on any atom is 0.226 e. The normalized spacial score (nSPS) is 16.8. The number of carbonyl (C=O) groups is 1. The number of thiocarbonyl (C=S) groups is 1. The standard InChI is InChI=1S/C32H27BrN4O2S/c1-20-12-13-23(24(33)19-20)27-14-15-28(39-27)31-30(26-10-4-5-17-34-26)36-32(40)37(31)18-16-29(38)35-25-11-6-8-21-7-2-3-9-22(21)25/h2-15,17,19,30-31H,16,18H2,1H3,(H,35,38)(H,36,40)/t30-,31+/m1/s1. The third kappa shape index (κ3) is 5.24. The van der Waals surface area contributed by atoms with E-state index in [2.05, 4.69) is 50.6 Å². The molecule has 3 heterocycles. The van der Waals surface area contributed by atoms with Crippen LogP contribution < -0.4 is 10.6 Å². The minimum Gasteiger partial charge on any atom is -0.459 e. The number of rotatable bonds is 7. The number of pyridine rings is 1. The summed E-state index contributed by atoms with van der Waals surface area (Å²) in [6, 6.07) is 29.4. The Bertz CT molecular complexity index is 1700. The van der Waals surface area contributed by atoms with Crippen LogP contribution in [0.1, 0.15) is 35.5 Å². The summed E-state index contributed by atoms with van der Waals surface area (Å²) in [6.45, 7) is 2.47. The number of hydrogen-bond acceptors (Lipinski definition) is 4. The molecule has 2 aromatic heterocycles. The minimum atomic E-state index is -0.272. The highest BCUT2D eigenvalue weighted by atomic mass is 79.9. The lowest BCUT2D eigenvalue weighted by Crippen LogP contribution is -2.32. The third-order valence-corrected chi connectivity index (χ3v) is 8.16. The van der Waals surface area contributed by atoms with E-state index in [1.807, 2.05) is 83.8 Å². The number of carbonyl (C=O) groups excluding carboxylic acids is 1. The SMILES string of the molecule is Cc1ccc(-c2ccc([C@H]3[C@@H](c4ccccn4)NC(=S)N3CCC(=O)Nc3cccc4ccccc34)o2)c(Br)c1. The van der Waals surface area contributed by atoms with Gasteiger partial charge in [-0.3, -0.25) is 9.78 Å². The van der Waals surface area contributed by atoms with E-state index in [4.69, 9.17) is 16.6 Å². The number of benzene rings is 3. The van der Waals surface area contributed by atoms with E-state index in [9.17, 15) is 4.79 Å². The fourth-order valence-electron chi connectivity index (χ4n) is 5.20. The summed E-state index contributed by atoms with van der Waals surface area (Å²) in [5, 5.41) is 9.17. The number of nitrogens with zero attached hydrogens (tertiary/aromatic N) is 2. The predicted molar refractivity (Wildman–Crippen MR) is 166 cm³/mol. The number of amides is 1. The molecule has 1 fully saturated rings. The predicted octanol–water partition coefficient (Wildman–Crippen LogP) is 7.57. The molecule has 2 N–H and O–H groups in total. The number of halogens is 1. The largest absolute Gasteiger partial charge is 0.459 e. The van der Waals surface area contributed by atoms with Gasteiger partial charge in [-0.15, -0.1) is 0 Å². The van der Waals surface area contributed by atoms with Crippen LogP contribution in [0.4, 0.5) is 5.69 Å². The van der Waals surface area contributed by atoms with E-state index in [0.29, 0.717) is 11.7 Å². The molecule has 5 aromatic rings. The highest BCUT2D eigenvalue weighted by molar-refractivity contribution is 9.10. The van der Waals surface area contributed by atoms with Gasteiger partial charge in [0.15, 0.2) is 5.11 Å². The van der Waals surface area contributed by atoms with E-state index in [-0.39, 0.29) is 24.4 Å². The Morgan fingerprint density at radius 1 is 1.05 bits per heavy atom.